The van der Waals surface area contributed by atoms with Crippen molar-refractivity contribution >= 4 is 38.8 Å². The fraction of sp³-hybridized carbons (Fsp3) is 0.263. The van der Waals surface area contributed by atoms with E-state index in [0.717, 1.165) is 40.9 Å². The van der Waals surface area contributed by atoms with Gasteiger partial charge in [0.25, 0.3) is 5.91 Å². The molecule has 0 spiro atoms. The minimum absolute atomic E-state index is 0.222. The summed E-state index contributed by atoms with van der Waals surface area (Å²) in [5, 5.41) is 3.71. The molecular formula is C19H21N3O2S. The van der Waals surface area contributed by atoms with Gasteiger partial charge < -0.3 is 15.8 Å². The number of carbonyl (C=O) groups excluding carboxylic acids is 1. The molecule has 0 atom stereocenters. The third kappa shape index (κ3) is 3.74. The number of thiophene rings is 1. The third-order valence-corrected chi connectivity index (χ3v) is 5.11. The van der Waals surface area contributed by atoms with Gasteiger partial charge in [0.05, 0.1) is 12.8 Å². The first-order chi connectivity index (χ1) is 12.1. The minimum atomic E-state index is -0.222. The molecule has 2 heterocycles. The van der Waals surface area contributed by atoms with Crippen LogP contribution >= 0.6 is 11.3 Å². The van der Waals surface area contributed by atoms with Crippen molar-refractivity contribution in [2.24, 2.45) is 0 Å². The van der Waals surface area contributed by atoms with Gasteiger partial charge in [-0.3, -0.25) is 4.79 Å². The first-order valence-electron chi connectivity index (χ1n) is 8.25. The Labute approximate surface area is 150 Å². The maximum atomic E-state index is 12.6. The Hall–Kier alpha value is -2.60. The molecule has 5 nitrogen and oxygen atoms in total. The van der Waals surface area contributed by atoms with Crippen LogP contribution in [0.3, 0.4) is 0 Å². The fourth-order valence-electron chi connectivity index (χ4n) is 2.56. The van der Waals surface area contributed by atoms with Crippen molar-refractivity contribution in [1.82, 2.24) is 4.98 Å². The number of hydrogen-bond acceptors (Lipinski definition) is 5. The van der Waals surface area contributed by atoms with Crippen LogP contribution in [-0.4, -0.2) is 18.0 Å². The smallest absolute Gasteiger partial charge is 0.267 e. The number of nitrogens with zero attached hydrogens (tertiary/aromatic N) is 1. The molecule has 0 saturated heterocycles. The monoisotopic (exact) mass is 355 g/mol. The Morgan fingerprint density at radius 3 is 2.68 bits per heavy atom. The van der Waals surface area contributed by atoms with Crippen molar-refractivity contribution < 1.29 is 9.53 Å². The van der Waals surface area contributed by atoms with E-state index in [0.29, 0.717) is 16.3 Å². The van der Waals surface area contributed by atoms with Crippen LogP contribution < -0.4 is 15.8 Å². The number of rotatable bonds is 6. The molecule has 0 unspecified atom stereocenters. The maximum absolute atomic E-state index is 12.6. The lowest BCUT2D eigenvalue weighted by Gasteiger charge is -2.05. The maximum Gasteiger partial charge on any atom is 0.267 e. The van der Waals surface area contributed by atoms with E-state index in [1.165, 1.54) is 11.3 Å². The van der Waals surface area contributed by atoms with Crippen molar-refractivity contribution in [2.75, 3.05) is 18.2 Å². The molecule has 3 N–H and O–H groups in total. The van der Waals surface area contributed by atoms with Crippen molar-refractivity contribution in [1.29, 1.82) is 0 Å². The zero-order valence-electron chi connectivity index (χ0n) is 14.3. The number of nitrogens with two attached hydrogens (primary N) is 1. The highest BCUT2D eigenvalue weighted by atomic mass is 32.1. The fourth-order valence-corrected chi connectivity index (χ4v) is 3.57. The lowest BCUT2D eigenvalue weighted by Crippen LogP contribution is -2.11. The Balaban J connectivity index is 1.83. The quantitative estimate of drug-likeness (QED) is 0.683. The third-order valence-electron chi connectivity index (χ3n) is 3.99. The van der Waals surface area contributed by atoms with E-state index in [1.54, 1.807) is 31.4 Å². The number of benzene rings is 1. The van der Waals surface area contributed by atoms with E-state index in [1.807, 2.05) is 12.1 Å². The average Bonchev–Trinajstić information content (AvgIpc) is 2.97. The summed E-state index contributed by atoms with van der Waals surface area (Å²) in [6.07, 6.45) is 3.17. The van der Waals surface area contributed by atoms with Crippen LogP contribution in [0.25, 0.3) is 10.2 Å². The summed E-state index contributed by atoms with van der Waals surface area (Å²) in [7, 11) is 1.60. The summed E-state index contributed by atoms with van der Waals surface area (Å²) >= 11 is 1.33. The molecule has 0 aliphatic rings. The Bertz CT molecular complexity index is 888. The summed E-state index contributed by atoms with van der Waals surface area (Å²) in [6, 6.07) is 11.1. The lowest BCUT2D eigenvalue weighted by atomic mass is 10.1. The molecule has 3 aromatic rings. The molecule has 1 aromatic carbocycles. The van der Waals surface area contributed by atoms with Crippen LogP contribution in [0.15, 0.2) is 36.4 Å². The number of carbonyl (C=O) groups is 1. The predicted molar refractivity (Wildman–Crippen MR) is 104 cm³/mol. The summed E-state index contributed by atoms with van der Waals surface area (Å²) in [5.74, 6) is 0.518. The van der Waals surface area contributed by atoms with Gasteiger partial charge in [-0.25, -0.2) is 4.98 Å². The predicted octanol–water partition coefficient (Wildman–Crippen LogP) is 4.48. The van der Waals surface area contributed by atoms with E-state index in [9.17, 15) is 4.79 Å². The number of aromatic nitrogens is 1. The molecule has 25 heavy (non-hydrogen) atoms. The average molecular weight is 355 g/mol. The van der Waals surface area contributed by atoms with Gasteiger partial charge in [0.1, 0.15) is 15.5 Å². The second-order valence-corrected chi connectivity index (χ2v) is 6.79. The Morgan fingerprint density at radius 2 is 2.00 bits per heavy atom. The molecule has 0 aliphatic heterocycles. The van der Waals surface area contributed by atoms with E-state index in [-0.39, 0.29) is 5.91 Å². The molecule has 3 rings (SSSR count). The second kappa shape index (κ2) is 7.53. The number of methoxy groups -OCH3 is 1. The van der Waals surface area contributed by atoms with Crippen LogP contribution in [0.1, 0.15) is 35.1 Å². The summed E-state index contributed by atoms with van der Waals surface area (Å²) in [4.78, 5) is 18.5. The molecule has 130 valence electrons. The van der Waals surface area contributed by atoms with Gasteiger partial charge in [0, 0.05) is 16.8 Å². The first kappa shape index (κ1) is 17.2. The van der Waals surface area contributed by atoms with E-state index in [4.69, 9.17) is 10.5 Å². The second-order valence-electron chi connectivity index (χ2n) is 5.79. The number of nitrogen functional groups attached to an aromatic ring is 1. The summed E-state index contributed by atoms with van der Waals surface area (Å²) in [6.45, 7) is 2.16. The lowest BCUT2D eigenvalue weighted by molar-refractivity contribution is 0.103. The van der Waals surface area contributed by atoms with Crippen LogP contribution in [0.5, 0.6) is 5.75 Å². The van der Waals surface area contributed by atoms with Crippen molar-refractivity contribution in [2.45, 2.75) is 26.2 Å². The Kier molecular flexibility index (Phi) is 5.19. The van der Waals surface area contributed by atoms with Gasteiger partial charge in [0.15, 0.2) is 0 Å². The first-order valence-corrected chi connectivity index (χ1v) is 9.07. The zero-order valence-corrected chi connectivity index (χ0v) is 15.2. The highest BCUT2D eigenvalue weighted by Gasteiger charge is 2.17. The molecule has 2 aromatic heterocycles. The van der Waals surface area contributed by atoms with E-state index in [2.05, 4.69) is 17.2 Å². The Morgan fingerprint density at radius 1 is 1.24 bits per heavy atom. The molecule has 6 heteroatoms. The van der Waals surface area contributed by atoms with Gasteiger partial charge in [0.2, 0.25) is 0 Å². The number of unbranched alkanes of at least 4 members (excludes halogenated alkanes) is 1. The molecule has 1 amide bonds. The number of amides is 1. The van der Waals surface area contributed by atoms with Crippen molar-refractivity contribution in [3.63, 3.8) is 0 Å². The molecule has 0 radical (unpaired) electrons. The van der Waals surface area contributed by atoms with Crippen LogP contribution in [0.2, 0.25) is 0 Å². The van der Waals surface area contributed by atoms with Gasteiger partial charge in [-0.1, -0.05) is 13.3 Å². The largest absolute Gasteiger partial charge is 0.497 e. The van der Waals surface area contributed by atoms with Crippen LogP contribution in [0.4, 0.5) is 11.4 Å². The topological polar surface area (TPSA) is 77.2 Å². The highest BCUT2D eigenvalue weighted by Crippen LogP contribution is 2.33. The number of pyridine rings is 1. The molecule has 0 fully saturated rings. The number of ether oxygens (including phenoxy) is 1. The van der Waals surface area contributed by atoms with Gasteiger partial charge in [-0.05, 0) is 49.2 Å². The van der Waals surface area contributed by atoms with Gasteiger partial charge in [-0.2, -0.15) is 0 Å². The van der Waals surface area contributed by atoms with Crippen LogP contribution in [-0.2, 0) is 6.42 Å². The van der Waals surface area contributed by atoms with E-state index >= 15 is 0 Å². The zero-order chi connectivity index (χ0) is 17.8. The number of fused-ring (bicyclic) bond motifs is 1. The van der Waals surface area contributed by atoms with Crippen molar-refractivity contribution in [3.8, 4) is 5.75 Å². The van der Waals surface area contributed by atoms with Crippen molar-refractivity contribution in [3.05, 3.63) is 47.0 Å². The molecule has 0 bridgehead atoms. The highest BCUT2D eigenvalue weighted by molar-refractivity contribution is 7.21. The van der Waals surface area contributed by atoms with Gasteiger partial charge in [-0.15, -0.1) is 11.3 Å². The number of nitrogens with one attached hydrogen (secondary N) is 1. The molecule has 0 saturated carbocycles. The molecular weight excluding hydrogens is 334 g/mol. The van der Waals surface area contributed by atoms with Crippen LogP contribution in [0, 0.1) is 0 Å². The normalized spacial score (nSPS) is 10.8. The number of hydrogen-bond donors (Lipinski definition) is 2. The SMILES string of the molecule is CCCCc1ccc2c(N)c(C(=O)Nc3ccc(OC)cc3)sc2n1. The van der Waals surface area contributed by atoms with E-state index < -0.39 is 0 Å². The van der Waals surface area contributed by atoms with Gasteiger partial charge >= 0.3 is 0 Å². The standard InChI is InChI=1S/C19H21N3O2S/c1-3-4-5-12-8-11-15-16(20)17(25-19(15)22-12)18(23)21-13-6-9-14(24-2)10-7-13/h6-11H,3-5,20H2,1-2H3,(H,21,23). The number of aryl methyl sites for hydroxylation is 1. The number of anilines is 2. The minimum Gasteiger partial charge on any atom is -0.497 e. The summed E-state index contributed by atoms with van der Waals surface area (Å²) in [5.41, 5.74) is 8.40. The molecule has 0 aliphatic carbocycles. The summed E-state index contributed by atoms with van der Waals surface area (Å²) < 4.78 is 5.12.